The van der Waals surface area contributed by atoms with E-state index in [0.717, 1.165) is 12.5 Å². The molecule has 1 heterocycles. The SMILES string of the molecule is CS(=O)(=O)n1ncc(N)c(Br)c1=O. The number of halogens is 1. The van der Waals surface area contributed by atoms with Gasteiger partial charge in [-0.05, 0) is 15.9 Å². The van der Waals surface area contributed by atoms with Crippen molar-refractivity contribution in [1.82, 2.24) is 9.19 Å². The van der Waals surface area contributed by atoms with E-state index in [2.05, 4.69) is 21.0 Å². The summed E-state index contributed by atoms with van der Waals surface area (Å²) in [5.74, 6) is 0. The van der Waals surface area contributed by atoms with Crippen LogP contribution in [0.2, 0.25) is 0 Å². The summed E-state index contributed by atoms with van der Waals surface area (Å²) in [5.41, 5.74) is 4.63. The fraction of sp³-hybridized carbons (Fsp3) is 0.200. The van der Waals surface area contributed by atoms with Crippen molar-refractivity contribution in [3.05, 3.63) is 21.0 Å². The molecule has 1 aromatic heterocycles. The van der Waals surface area contributed by atoms with Crippen LogP contribution in [-0.4, -0.2) is 23.9 Å². The van der Waals surface area contributed by atoms with Gasteiger partial charge in [0.1, 0.15) is 4.47 Å². The first-order valence-corrected chi connectivity index (χ1v) is 5.72. The zero-order valence-corrected chi connectivity index (χ0v) is 8.96. The Kier molecular flexibility index (Phi) is 2.44. The largest absolute Gasteiger partial charge is 0.396 e. The van der Waals surface area contributed by atoms with Crippen molar-refractivity contribution in [3.63, 3.8) is 0 Å². The molecular weight excluding hydrogens is 262 g/mol. The Morgan fingerprint density at radius 1 is 1.62 bits per heavy atom. The number of nitrogens with two attached hydrogens (primary N) is 1. The number of nitrogen functional groups attached to an aromatic ring is 1. The van der Waals surface area contributed by atoms with Crippen LogP contribution >= 0.6 is 15.9 Å². The smallest absolute Gasteiger partial charge is 0.297 e. The van der Waals surface area contributed by atoms with Crippen LogP contribution < -0.4 is 11.3 Å². The zero-order chi connectivity index (χ0) is 10.2. The van der Waals surface area contributed by atoms with Crippen LogP contribution in [0.25, 0.3) is 0 Å². The van der Waals surface area contributed by atoms with Crippen LogP contribution in [0.1, 0.15) is 0 Å². The van der Waals surface area contributed by atoms with Crippen LogP contribution in [0.15, 0.2) is 15.5 Å². The summed E-state index contributed by atoms with van der Waals surface area (Å²) < 4.78 is 22.3. The molecule has 1 rings (SSSR count). The molecule has 8 heteroatoms. The number of nitrogens with zero attached hydrogens (tertiary/aromatic N) is 2. The van der Waals surface area contributed by atoms with E-state index >= 15 is 0 Å². The highest BCUT2D eigenvalue weighted by Gasteiger charge is 2.13. The van der Waals surface area contributed by atoms with Crippen LogP contribution in [0, 0.1) is 0 Å². The molecule has 0 amide bonds. The summed E-state index contributed by atoms with van der Waals surface area (Å²) in [4.78, 5) is 11.2. The van der Waals surface area contributed by atoms with Crippen LogP contribution in [0.5, 0.6) is 0 Å². The lowest BCUT2D eigenvalue weighted by Gasteiger charge is -2.02. The van der Waals surface area contributed by atoms with Gasteiger partial charge in [0.2, 0.25) is 0 Å². The standard InChI is InChI=1S/C5H6BrN3O3S/c1-13(11,12)9-5(10)4(6)3(7)2-8-9/h2H,7H2,1H3. The molecule has 0 saturated heterocycles. The normalized spacial score (nSPS) is 11.5. The van der Waals surface area contributed by atoms with E-state index in [1.165, 1.54) is 0 Å². The third kappa shape index (κ3) is 1.89. The van der Waals surface area contributed by atoms with E-state index in [4.69, 9.17) is 5.73 Å². The summed E-state index contributed by atoms with van der Waals surface area (Å²) in [6, 6.07) is 0. The van der Waals surface area contributed by atoms with Crippen molar-refractivity contribution < 1.29 is 8.42 Å². The van der Waals surface area contributed by atoms with Crippen molar-refractivity contribution in [2.45, 2.75) is 0 Å². The molecule has 0 aliphatic carbocycles. The Balaban J connectivity index is 3.64. The molecule has 72 valence electrons. The molecule has 1 aromatic rings. The average molecular weight is 268 g/mol. The molecule has 0 aliphatic heterocycles. The zero-order valence-electron chi connectivity index (χ0n) is 6.56. The predicted octanol–water partition coefficient (Wildman–Crippen LogP) is -0.604. The quantitative estimate of drug-likeness (QED) is 0.733. The number of rotatable bonds is 1. The second-order valence-corrected chi connectivity index (χ2v) is 4.93. The van der Waals surface area contributed by atoms with Gasteiger partial charge >= 0.3 is 0 Å². The fourth-order valence-electron chi connectivity index (χ4n) is 0.667. The van der Waals surface area contributed by atoms with Gasteiger partial charge in [0.05, 0.1) is 18.1 Å². The van der Waals surface area contributed by atoms with Crippen LogP contribution in [-0.2, 0) is 10.0 Å². The van der Waals surface area contributed by atoms with E-state index in [0.29, 0.717) is 4.09 Å². The number of hydrogen-bond donors (Lipinski definition) is 1. The van der Waals surface area contributed by atoms with Crippen molar-refractivity contribution in [3.8, 4) is 0 Å². The molecule has 0 unspecified atom stereocenters. The lowest BCUT2D eigenvalue weighted by Crippen LogP contribution is -2.29. The Morgan fingerprint density at radius 2 is 2.15 bits per heavy atom. The summed E-state index contributed by atoms with van der Waals surface area (Å²) in [5, 5.41) is 3.37. The highest BCUT2D eigenvalue weighted by Crippen LogP contribution is 2.11. The number of anilines is 1. The molecule has 6 nitrogen and oxygen atoms in total. The van der Waals surface area contributed by atoms with E-state index < -0.39 is 15.6 Å². The minimum absolute atomic E-state index is 0.00655. The Morgan fingerprint density at radius 3 is 2.62 bits per heavy atom. The van der Waals surface area contributed by atoms with Gasteiger partial charge in [0.15, 0.2) is 0 Å². The lowest BCUT2D eigenvalue weighted by molar-refractivity contribution is 0.582. The molecule has 0 fully saturated rings. The van der Waals surface area contributed by atoms with Gasteiger partial charge in [0.25, 0.3) is 15.6 Å². The van der Waals surface area contributed by atoms with Crippen molar-refractivity contribution in [1.29, 1.82) is 0 Å². The van der Waals surface area contributed by atoms with Gasteiger partial charge in [-0.2, -0.15) is 5.10 Å². The molecule has 0 radical (unpaired) electrons. The molecule has 0 atom stereocenters. The van der Waals surface area contributed by atoms with Gasteiger partial charge in [-0.15, -0.1) is 4.09 Å². The second-order valence-electron chi connectivity index (χ2n) is 2.33. The third-order valence-electron chi connectivity index (χ3n) is 1.23. The lowest BCUT2D eigenvalue weighted by atomic mass is 10.5. The average Bonchev–Trinajstić information content (AvgIpc) is 1.98. The van der Waals surface area contributed by atoms with Crippen molar-refractivity contribution in [2.24, 2.45) is 0 Å². The Labute approximate surface area is 82.5 Å². The highest BCUT2D eigenvalue weighted by molar-refractivity contribution is 9.10. The van der Waals surface area contributed by atoms with Gasteiger partial charge in [-0.25, -0.2) is 8.42 Å². The fourth-order valence-corrected chi connectivity index (χ4v) is 1.67. The van der Waals surface area contributed by atoms with E-state index in [1.54, 1.807) is 0 Å². The second kappa shape index (κ2) is 3.11. The first-order chi connectivity index (χ1) is 5.84. The van der Waals surface area contributed by atoms with E-state index in [9.17, 15) is 13.2 Å². The third-order valence-corrected chi connectivity index (χ3v) is 2.92. The monoisotopic (exact) mass is 267 g/mol. The predicted molar refractivity (Wildman–Crippen MR) is 50.9 cm³/mol. The summed E-state index contributed by atoms with van der Waals surface area (Å²) in [6.07, 6.45) is 1.97. The number of aromatic nitrogens is 2. The molecule has 13 heavy (non-hydrogen) atoms. The van der Waals surface area contributed by atoms with Crippen LogP contribution in [0.4, 0.5) is 5.69 Å². The summed E-state index contributed by atoms with van der Waals surface area (Å²) in [7, 11) is -3.67. The molecule has 0 saturated carbocycles. The first-order valence-electron chi connectivity index (χ1n) is 3.08. The van der Waals surface area contributed by atoms with Gasteiger partial charge in [-0.1, -0.05) is 0 Å². The van der Waals surface area contributed by atoms with Crippen LogP contribution in [0.3, 0.4) is 0 Å². The minimum Gasteiger partial charge on any atom is -0.396 e. The minimum atomic E-state index is -3.67. The maximum Gasteiger partial charge on any atom is 0.297 e. The molecule has 0 aromatic carbocycles. The van der Waals surface area contributed by atoms with Gasteiger partial charge in [0, 0.05) is 0 Å². The summed E-state index contributed by atoms with van der Waals surface area (Å²) in [6.45, 7) is 0. The summed E-state index contributed by atoms with van der Waals surface area (Å²) >= 11 is 2.86. The maximum atomic E-state index is 11.2. The van der Waals surface area contributed by atoms with Crippen molar-refractivity contribution >= 4 is 31.6 Å². The molecule has 0 spiro atoms. The molecule has 2 N–H and O–H groups in total. The van der Waals surface area contributed by atoms with Crippen molar-refractivity contribution in [2.75, 3.05) is 12.0 Å². The molecule has 0 aliphatic rings. The first kappa shape index (κ1) is 10.2. The van der Waals surface area contributed by atoms with Gasteiger partial charge in [-0.3, -0.25) is 4.79 Å². The maximum absolute atomic E-state index is 11.2. The topological polar surface area (TPSA) is 95.1 Å². The Bertz CT molecular complexity index is 492. The van der Waals surface area contributed by atoms with Gasteiger partial charge < -0.3 is 5.73 Å². The molecular formula is C5H6BrN3O3S. The number of hydrogen-bond acceptors (Lipinski definition) is 5. The highest BCUT2D eigenvalue weighted by atomic mass is 79.9. The Hall–Kier alpha value is -0.890. The molecule has 0 bridgehead atoms. The van der Waals surface area contributed by atoms with E-state index in [1.807, 2.05) is 0 Å². The van der Waals surface area contributed by atoms with E-state index in [-0.39, 0.29) is 10.2 Å².